The highest BCUT2D eigenvalue weighted by Crippen LogP contribution is 2.17. The minimum absolute atomic E-state index is 0.205. The lowest BCUT2D eigenvalue weighted by Gasteiger charge is -2.08. The van der Waals surface area contributed by atoms with Gasteiger partial charge in [-0.3, -0.25) is 9.59 Å². The molecule has 3 rings (SSSR count). The minimum atomic E-state index is -0.795. The van der Waals surface area contributed by atoms with Gasteiger partial charge in [-0.15, -0.1) is 0 Å². The van der Waals surface area contributed by atoms with E-state index in [0.717, 1.165) is 15.6 Å². The summed E-state index contributed by atoms with van der Waals surface area (Å²) < 4.78 is 10.6. The van der Waals surface area contributed by atoms with E-state index >= 15 is 0 Å². The molecule has 34 heavy (non-hydrogen) atoms. The topological polar surface area (TPSA) is 93.7 Å². The average molecular weight is 523 g/mol. The maximum Gasteiger partial charge on any atom is 0.513 e. The van der Waals surface area contributed by atoms with Gasteiger partial charge in [-0.1, -0.05) is 46.3 Å². The van der Waals surface area contributed by atoms with Crippen LogP contribution in [0, 0.1) is 0 Å². The van der Waals surface area contributed by atoms with Crippen molar-refractivity contribution in [2.24, 2.45) is 0 Å². The number of hydrogen-bond acceptors (Lipinski definition) is 5. The molecule has 174 valence electrons. The second-order valence-corrected chi connectivity index (χ2v) is 7.89. The van der Waals surface area contributed by atoms with Crippen LogP contribution in [-0.2, 0) is 16.1 Å². The predicted octanol–water partition coefficient (Wildman–Crippen LogP) is 5.57. The molecule has 0 aliphatic heterocycles. The van der Waals surface area contributed by atoms with Crippen molar-refractivity contribution in [1.29, 1.82) is 0 Å². The zero-order valence-corrected chi connectivity index (χ0v) is 20.0. The van der Waals surface area contributed by atoms with Crippen LogP contribution in [-0.4, -0.2) is 24.6 Å². The molecule has 0 radical (unpaired) electrons. The zero-order valence-electron chi connectivity index (χ0n) is 18.4. The Hall–Kier alpha value is -3.91. The number of ether oxygens (including phenoxy) is 2. The summed E-state index contributed by atoms with van der Waals surface area (Å²) in [6.45, 7) is 2.25. The lowest BCUT2D eigenvalue weighted by Crippen LogP contribution is -2.20. The number of halogens is 1. The number of hydrogen-bond donors (Lipinski definition) is 2. The van der Waals surface area contributed by atoms with Gasteiger partial charge in [0.25, 0.3) is 5.91 Å². The summed E-state index contributed by atoms with van der Waals surface area (Å²) in [7, 11) is 0. The molecular weight excluding hydrogens is 500 g/mol. The first-order valence-electron chi connectivity index (χ1n) is 10.5. The Balaban J connectivity index is 1.48. The Morgan fingerprint density at radius 3 is 2.32 bits per heavy atom. The van der Waals surface area contributed by atoms with Crippen LogP contribution in [0.2, 0.25) is 0 Å². The van der Waals surface area contributed by atoms with Crippen molar-refractivity contribution >= 4 is 45.7 Å². The summed E-state index contributed by atoms with van der Waals surface area (Å²) in [6.07, 6.45) is 2.43. The molecule has 0 aliphatic rings. The van der Waals surface area contributed by atoms with E-state index in [4.69, 9.17) is 9.47 Å². The summed E-state index contributed by atoms with van der Waals surface area (Å²) in [6, 6.07) is 20.9. The lowest BCUT2D eigenvalue weighted by molar-refractivity contribution is -0.116. The number of anilines is 1. The fourth-order valence-electron chi connectivity index (χ4n) is 2.85. The van der Waals surface area contributed by atoms with Gasteiger partial charge in [-0.25, -0.2) is 4.79 Å². The predicted molar refractivity (Wildman–Crippen MR) is 134 cm³/mol. The quantitative estimate of drug-likeness (QED) is 0.229. The van der Waals surface area contributed by atoms with Crippen LogP contribution in [0.5, 0.6) is 5.75 Å². The number of nitrogens with one attached hydrogen (secondary N) is 2. The Morgan fingerprint density at radius 2 is 1.65 bits per heavy atom. The highest BCUT2D eigenvalue weighted by molar-refractivity contribution is 9.10. The highest BCUT2D eigenvalue weighted by atomic mass is 79.9. The second kappa shape index (κ2) is 12.4. The number of rotatable bonds is 8. The van der Waals surface area contributed by atoms with Crippen molar-refractivity contribution in [1.82, 2.24) is 5.32 Å². The molecular formula is C26H23BrN2O5. The Morgan fingerprint density at radius 1 is 0.941 bits per heavy atom. The van der Waals surface area contributed by atoms with E-state index in [2.05, 4.69) is 26.6 Å². The maximum atomic E-state index is 12.5. The lowest BCUT2D eigenvalue weighted by atomic mass is 10.1. The fraction of sp³-hybridized carbons (Fsp3) is 0.115. The van der Waals surface area contributed by atoms with Gasteiger partial charge in [0.05, 0.1) is 6.61 Å². The largest absolute Gasteiger partial charge is 0.513 e. The van der Waals surface area contributed by atoms with E-state index in [1.54, 1.807) is 37.3 Å². The van der Waals surface area contributed by atoms with Crippen molar-refractivity contribution in [2.45, 2.75) is 13.5 Å². The van der Waals surface area contributed by atoms with Crippen LogP contribution in [0.4, 0.5) is 10.5 Å². The van der Waals surface area contributed by atoms with Crippen LogP contribution in [0.3, 0.4) is 0 Å². The molecule has 2 N–H and O–H groups in total. The molecule has 8 heteroatoms. The van der Waals surface area contributed by atoms with Crippen molar-refractivity contribution in [3.8, 4) is 5.75 Å². The molecule has 3 aromatic carbocycles. The van der Waals surface area contributed by atoms with Crippen LogP contribution in [0.1, 0.15) is 28.4 Å². The molecule has 0 unspecified atom stereocenters. The van der Waals surface area contributed by atoms with Crippen molar-refractivity contribution in [3.05, 3.63) is 100 Å². The van der Waals surface area contributed by atoms with Crippen LogP contribution < -0.4 is 15.4 Å². The van der Waals surface area contributed by atoms with Crippen molar-refractivity contribution < 1.29 is 23.9 Å². The third-order valence-electron chi connectivity index (χ3n) is 4.58. The maximum absolute atomic E-state index is 12.5. The molecule has 0 saturated carbocycles. The number of amides is 2. The highest BCUT2D eigenvalue weighted by Gasteiger charge is 2.09. The number of benzene rings is 3. The molecule has 0 aromatic heterocycles. The first-order valence-corrected chi connectivity index (χ1v) is 11.3. The zero-order chi connectivity index (χ0) is 24.3. The van der Waals surface area contributed by atoms with Gasteiger partial charge in [0, 0.05) is 28.3 Å². The van der Waals surface area contributed by atoms with Gasteiger partial charge in [-0.05, 0) is 66.6 Å². The molecule has 2 amide bonds. The monoisotopic (exact) mass is 522 g/mol. The normalized spacial score (nSPS) is 10.5. The van der Waals surface area contributed by atoms with E-state index in [1.165, 1.54) is 18.2 Å². The van der Waals surface area contributed by atoms with E-state index in [1.807, 2.05) is 36.4 Å². The van der Waals surface area contributed by atoms with Gasteiger partial charge in [0.2, 0.25) is 5.91 Å². The van der Waals surface area contributed by atoms with Gasteiger partial charge in [0.1, 0.15) is 5.75 Å². The Labute approximate surface area is 205 Å². The summed E-state index contributed by atoms with van der Waals surface area (Å²) in [5, 5.41) is 5.63. The smallest absolute Gasteiger partial charge is 0.434 e. The first kappa shape index (κ1) is 24.7. The van der Waals surface area contributed by atoms with Gasteiger partial charge >= 0.3 is 6.16 Å². The van der Waals surface area contributed by atoms with Crippen molar-refractivity contribution in [3.63, 3.8) is 0 Å². The SMILES string of the molecule is CCOC(=O)Oc1ccc(C(=O)Nc2ccc(CNC(=O)/C=C/c3ccccc3Br)cc2)cc1. The van der Waals surface area contributed by atoms with E-state index in [9.17, 15) is 14.4 Å². The second-order valence-electron chi connectivity index (χ2n) is 7.03. The molecule has 7 nitrogen and oxygen atoms in total. The summed E-state index contributed by atoms with van der Waals surface area (Å²) >= 11 is 3.44. The standard InChI is InChI=1S/C26H23BrN2O5/c1-2-33-26(32)34-22-14-9-20(10-15-22)25(31)29-21-12-7-18(8-13-21)17-28-24(30)16-11-19-5-3-4-6-23(19)27/h3-16H,2,17H2,1H3,(H,28,30)(H,29,31)/b16-11+. The molecule has 0 spiro atoms. The van der Waals surface area contributed by atoms with Crippen LogP contribution in [0.25, 0.3) is 6.08 Å². The summed E-state index contributed by atoms with van der Waals surface area (Å²) in [5.41, 5.74) is 2.82. The molecule has 0 fully saturated rings. The average Bonchev–Trinajstić information content (AvgIpc) is 2.83. The van der Waals surface area contributed by atoms with Crippen molar-refractivity contribution in [2.75, 3.05) is 11.9 Å². The summed E-state index contributed by atoms with van der Waals surface area (Å²) in [5.74, 6) is -0.225. The van der Waals surface area contributed by atoms with E-state index < -0.39 is 6.16 Å². The Bertz CT molecular complexity index is 1170. The van der Waals surface area contributed by atoms with Gasteiger partial charge < -0.3 is 20.1 Å². The van der Waals surface area contributed by atoms with E-state index in [-0.39, 0.29) is 24.2 Å². The third kappa shape index (κ3) is 7.60. The molecule has 0 atom stereocenters. The number of carbonyl (C=O) groups excluding carboxylic acids is 3. The van der Waals surface area contributed by atoms with Gasteiger partial charge in [0.15, 0.2) is 0 Å². The third-order valence-corrected chi connectivity index (χ3v) is 5.30. The first-order chi connectivity index (χ1) is 16.4. The van der Waals surface area contributed by atoms with E-state index in [0.29, 0.717) is 17.8 Å². The number of carbonyl (C=O) groups is 3. The van der Waals surface area contributed by atoms with Gasteiger partial charge in [-0.2, -0.15) is 0 Å². The fourth-order valence-corrected chi connectivity index (χ4v) is 3.27. The minimum Gasteiger partial charge on any atom is -0.434 e. The molecule has 0 bridgehead atoms. The van der Waals surface area contributed by atoms with Crippen LogP contribution in [0.15, 0.2) is 83.3 Å². The molecule has 3 aromatic rings. The molecule has 0 saturated heterocycles. The summed E-state index contributed by atoms with van der Waals surface area (Å²) in [4.78, 5) is 35.9. The van der Waals surface area contributed by atoms with Crippen LogP contribution >= 0.6 is 15.9 Å². The molecule has 0 heterocycles. The molecule has 0 aliphatic carbocycles. The Kier molecular flexibility index (Phi) is 8.99.